The predicted octanol–water partition coefficient (Wildman–Crippen LogP) is 1.78. The van der Waals surface area contributed by atoms with Gasteiger partial charge in [0, 0.05) is 12.8 Å². The number of nitrogens with zero attached hydrogens (tertiary/aromatic N) is 5. The van der Waals surface area contributed by atoms with Crippen molar-refractivity contribution in [2.75, 3.05) is 18.1 Å². The zero-order chi connectivity index (χ0) is 21.2. The summed E-state index contributed by atoms with van der Waals surface area (Å²) < 4.78 is 37.3. The third-order valence-corrected chi connectivity index (χ3v) is 6.01. The number of tetrazole rings is 1. The average Bonchev–Trinajstić information content (AvgIpc) is 3.19. The van der Waals surface area contributed by atoms with E-state index in [0.29, 0.717) is 33.6 Å². The molecule has 0 bridgehead atoms. The highest BCUT2D eigenvalue weighted by molar-refractivity contribution is 7.90. The number of urea groups is 1. The van der Waals surface area contributed by atoms with Crippen LogP contribution in [0.25, 0.3) is 10.4 Å². The Balaban J connectivity index is 1.65. The van der Waals surface area contributed by atoms with Crippen molar-refractivity contribution < 1.29 is 17.6 Å². The Morgan fingerprint density at radius 1 is 1.31 bits per heavy atom. The number of amides is 2. The number of aromatic nitrogens is 5. The Kier molecular flexibility index (Phi) is 5.88. The van der Waals surface area contributed by atoms with Crippen LogP contribution in [0, 0.1) is 19.7 Å². The highest BCUT2D eigenvalue weighted by Crippen LogP contribution is 2.34. The molecule has 154 valence electrons. The van der Waals surface area contributed by atoms with E-state index in [1.807, 2.05) is 0 Å². The van der Waals surface area contributed by atoms with Crippen molar-refractivity contribution in [3.8, 4) is 10.4 Å². The lowest BCUT2D eigenvalue weighted by Gasteiger charge is -2.04. The number of benzene rings is 1. The van der Waals surface area contributed by atoms with Gasteiger partial charge >= 0.3 is 6.03 Å². The summed E-state index contributed by atoms with van der Waals surface area (Å²) in [5.41, 5.74) is 1.06. The number of rotatable bonds is 6. The van der Waals surface area contributed by atoms with Gasteiger partial charge in [-0.3, -0.25) is 5.32 Å². The van der Waals surface area contributed by atoms with E-state index in [-0.39, 0.29) is 11.4 Å². The van der Waals surface area contributed by atoms with E-state index < -0.39 is 21.7 Å². The summed E-state index contributed by atoms with van der Waals surface area (Å²) in [5, 5.41) is 17.1. The molecule has 0 aliphatic heterocycles. The van der Waals surface area contributed by atoms with Crippen LogP contribution in [0.3, 0.4) is 0 Å². The van der Waals surface area contributed by atoms with Crippen LogP contribution in [-0.2, 0) is 16.4 Å². The fourth-order valence-corrected chi connectivity index (χ4v) is 4.18. The van der Waals surface area contributed by atoms with Crippen LogP contribution in [0.1, 0.15) is 11.5 Å². The van der Waals surface area contributed by atoms with E-state index in [0.717, 1.165) is 23.7 Å². The molecule has 2 aromatic heterocycles. The first-order valence-corrected chi connectivity index (χ1v) is 11.1. The van der Waals surface area contributed by atoms with Crippen molar-refractivity contribution >= 4 is 32.3 Å². The number of carbonyl (C=O) groups is 1. The monoisotopic (exact) mass is 439 g/mol. The Morgan fingerprint density at radius 2 is 2.07 bits per heavy atom. The molecular weight excluding hydrogens is 421 g/mol. The van der Waals surface area contributed by atoms with Gasteiger partial charge in [0.05, 0.1) is 17.1 Å². The van der Waals surface area contributed by atoms with Gasteiger partial charge < -0.3 is 5.32 Å². The van der Waals surface area contributed by atoms with Crippen LogP contribution in [-0.4, -0.2) is 52.4 Å². The third-order valence-electron chi connectivity index (χ3n) is 3.76. The van der Waals surface area contributed by atoms with E-state index in [4.69, 9.17) is 0 Å². The number of halogens is 1. The molecular formula is C16H18FN7O3S2. The molecule has 0 saturated heterocycles. The van der Waals surface area contributed by atoms with Crippen LogP contribution >= 0.6 is 11.3 Å². The summed E-state index contributed by atoms with van der Waals surface area (Å²) in [6.07, 6.45) is 0.948. The molecule has 29 heavy (non-hydrogen) atoms. The topological polar surface area (TPSA) is 132 Å². The van der Waals surface area contributed by atoms with Crippen molar-refractivity contribution in [1.29, 1.82) is 0 Å². The fraction of sp³-hybridized carbons (Fsp3) is 0.312. The number of sulfone groups is 1. The summed E-state index contributed by atoms with van der Waals surface area (Å²) in [6.45, 7) is 4.09. The number of thiazole rings is 1. The van der Waals surface area contributed by atoms with Crippen molar-refractivity contribution in [2.24, 2.45) is 0 Å². The number of carbonyl (C=O) groups excluding carboxylic acids is 1. The molecule has 2 heterocycles. The third kappa shape index (κ3) is 5.12. The Bertz CT molecular complexity index is 1160. The first kappa shape index (κ1) is 20.8. The lowest BCUT2D eigenvalue weighted by Crippen LogP contribution is -2.31. The van der Waals surface area contributed by atoms with Gasteiger partial charge in [0.1, 0.15) is 10.7 Å². The van der Waals surface area contributed by atoms with Crippen molar-refractivity contribution in [3.05, 3.63) is 35.5 Å². The quantitative estimate of drug-likeness (QED) is 0.598. The number of nitrogens with one attached hydrogen (secondary N) is 2. The van der Waals surface area contributed by atoms with Gasteiger partial charge in [-0.15, -0.1) is 10.2 Å². The zero-order valence-corrected chi connectivity index (χ0v) is 17.4. The smallest absolute Gasteiger partial charge is 0.321 e. The van der Waals surface area contributed by atoms with E-state index in [2.05, 4.69) is 31.0 Å². The SMILES string of the molecule is Cc1nnn(CCNC(=O)Nc2nc(C)c(-c3ccc(S(C)(=O)=O)c(F)c3)s2)n1. The average molecular weight is 439 g/mol. The van der Waals surface area contributed by atoms with Crippen molar-refractivity contribution in [3.63, 3.8) is 0 Å². The predicted molar refractivity (Wildman–Crippen MR) is 105 cm³/mol. The summed E-state index contributed by atoms with van der Waals surface area (Å²) in [4.78, 5) is 17.9. The van der Waals surface area contributed by atoms with E-state index in [1.165, 1.54) is 16.9 Å². The van der Waals surface area contributed by atoms with E-state index in [1.54, 1.807) is 13.8 Å². The maximum Gasteiger partial charge on any atom is 0.321 e. The van der Waals surface area contributed by atoms with Crippen LogP contribution in [0.2, 0.25) is 0 Å². The maximum absolute atomic E-state index is 14.2. The number of anilines is 1. The molecule has 2 N–H and O–H groups in total. The molecule has 0 spiro atoms. The van der Waals surface area contributed by atoms with Crippen LogP contribution in [0.4, 0.5) is 14.3 Å². The lowest BCUT2D eigenvalue weighted by molar-refractivity contribution is 0.251. The second-order valence-corrected chi connectivity index (χ2v) is 9.15. The second kappa shape index (κ2) is 8.21. The van der Waals surface area contributed by atoms with E-state index in [9.17, 15) is 17.6 Å². The maximum atomic E-state index is 14.2. The molecule has 0 fully saturated rings. The van der Waals surface area contributed by atoms with Gasteiger partial charge in [-0.1, -0.05) is 17.4 Å². The molecule has 3 aromatic rings. The lowest BCUT2D eigenvalue weighted by atomic mass is 10.1. The van der Waals surface area contributed by atoms with Gasteiger partial charge in [0.15, 0.2) is 20.8 Å². The molecule has 0 aliphatic carbocycles. The van der Waals surface area contributed by atoms with Gasteiger partial charge in [-0.2, -0.15) is 4.80 Å². The summed E-state index contributed by atoms with van der Waals surface area (Å²) in [5.74, 6) is -0.289. The standard InChI is InChI=1S/C16H18FN7O3S2/c1-9-14(11-4-5-13(12(17)8-11)29(3,26)27)28-16(19-9)20-15(25)18-6-7-24-22-10(2)21-23-24/h4-5,8H,6-7H2,1-3H3,(H2,18,19,20,25). The Hall–Kier alpha value is -2.93. The largest absolute Gasteiger partial charge is 0.336 e. The molecule has 10 nitrogen and oxygen atoms in total. The molecule has 0 unspecified atom stereocenters. The van der Waals surface area contributed by atoms with Gasteiger partial charge in [0.25, 0.3) is 0 Å². The minimum Gasteiger partial charge on any atom is -0.336 e. The normalized spacial score (nSPS) is 11.4. The van der Waals surface area contributed by atoms with Crippen LogP contribution < -0.4 is 10.6 Å². The number of aryl methyl sites for hydroxylation is 2. The molecule has 3 rings (SSSR count). The minimum atomic E-state index is -3.65. The number of hydrogen-bond acceptors (Lipinski definition) is 8. The molecule has 13 heteroatoms. The zero-order valence-electron chi connectivity index (χ0n) is 15.8. The number of hydrogen-bond donors (Lipinski definition) is 2. The summed E-state index contributed by atoms with van der Waals surface area (Å²) in [6, 6.07) is 3.42. The Morgan fingerprint density at radius 3 is 2.69 bits per heavy atom. The van der Waals surface area contributed by atoms with Crippen molar-refractivity contribution in [2.45, 2.75) is 25.3 Å². The first-order chi connectivity index (χ1) is 13.6. The first-order valence-electron chi connectivity index (χ1n) is 8.40. The second-order valence-electron chi connectivity index (χ2n) is 6.16. The highest BCUT2D eigenvalue weighted by atomic mass is 32.2. The Labute approximate surface area is 170 Å². The molecule has 2 amide bonds. The minimum absolute atomic E-state index is 0.289. The van der Waals surface area contributed by atoms with E-state index >= 15 is 0 Å². The molecule has 0 radical (unpaired) electrons. The molecule has 0 atom stereocenters. The molecule has 1 aromatic carbocycles. The highest BCUT2D eigenvalue weighted by Gasteiger charge is 2.17. The van der Waals surface area contributed by atoms with Crippen molar-refractivity contribution in [1.82, 2.24) is 30.5 Å². The molecule has 0 aliphatic rings. The molecule has 0 saturated carbocycles. The fourth-order valence-electron chi connectivity index (χ4n) is 2.49. The van der Waals surface area contributed by atoms with Gasteiger partial charge in [0.2, 0.25) is 0 Å². The van der Waals surface area contributed by atoms with Gasteiger partial charge in [-0.05, 0) is 36.8 Å². The van der Waals surface area contributed by atoms with Gasteiger partial charge in [-0.25, -0.2) is 22.6 Å². The summed E-state index contributed by atoms with van der Waals surface area (Å²) in [7, 11) is -3.65. The van der Waals surface area contributed by atoms with Crippen LogP contribution in [0.15, 0.2) is 23.1 Å². The summed E-state index contributed by atoms with van der Waals surface area (Å²) >= 11 is 1.16. The van der Waals surface area contributed by atoms with Crippen LogP contribution in [0.5, 0.6) is 0 Å².